The van der Waals surface area contributed by atoms with Gasteiger partial charge in [0.05, 0.1) is 0 Å². The molecule has 0 saturated heterocycles. The normalized spacial score (nSPS) is 10.8. The molecular formula is C17H13FOS. The van der Waals surface area contributed by atoms with E-state index in [9.17, 15) is 9.50 Å². The number of phenolic OH excluding ortho intramolecular Hbond substituents is 1. The highest BCUT2D eigenvalue weighted by Crippen LogP contribution is 2.34. The van der Waals surface area contributed by atoms with Crippen molar-refractivity contribution in [1.29, 1.82) is 0 Å². The zero-order chi connectivity index (χ0) is 13.9. The number of hydrogen-bond donors (Lipinski definition) is 1. The smallest absolute Gasteiger partial charge is 0.123 e. The molecule has 0 aliphatic rings. The maximum atomic E-state index is 12.9. The molecule has 0 aromatic heterocycles. The third-order valence-corrected chi connectivity index (χ3v) is 4.31. The van der Waals surface area contributed by atoms with E-state index in [0.717, 1.165) is 27.0 Å². The first-order valence-corrected chi connectivity index (χ1v) is 7.30. The predicted octanol–water partition coefficient (Wildman–Crippen LogP) is 4.98. The van der Waals surface area contributed by atoms with Crippen LogP contribution in [0.2, 0.25) is 0 Å². The van der Waals surface area contributed by atoms with Crippen LogP contribution in [-0.2, 0) is 5.75 Å². The van der Waals surface area contributed by atoms with Gasteiger partial charge in [0.2, 0.25) is 0 Å². The van der Waals surface area contributed by atoms with Crippen LogP contribution in [0, 0.1) is 5.82 Å². The lowest BCUT2D eigenvalue weighted by atomic mass is 10.1. The molecule has 1 nitrogen and oxygen atoms in total. The van der Waals surface area contributed by atoms with Crippen LogP contribution >= 0.6 is 11.8 Å². The van der Waals surface area contributed by atoms with E-state index in [2.05, 4.69) is 0 Å². The fourth-order valence-corrected chi connectivity index (χ4v) is 3.14. The number of fused-ring (bicyclic) bond motifs is 1. The van der Waals surface area contributed by atoms with Crippen LogP contribution in [0.15, 0.2) is 65.6 Å². The van der Waals surface area contributed by atoms with Crippen LogP contribution in [0.4, 0.5) is 4.39 Å². The van der Waals surface area contributed by atoms with Crippen LogP contribution in [0.1, 0.15) is 5.56 Å². The molecule has 0 aliphatic carbocycles. The van der Waals surface area contributed by atoms with Crippen LogP contribution in [0.3, 0.4) is 0 Å². The van der Waals surface area contributed by atoms with E-state index in [1.54, 1.807) is 30.0 Å². The summed E-state index contributed by atoms with van der Waals surface area (Å²) in [6.45, 7) is 0. The quantitative estimate of drug-likeness (QED) is 0.685. The summed E-state index contributed by atoms with van der Waals surface area (Å²) in [4.78, 5) is 1.11. The first-order valence-electron chi connectivity index (χ1n) is 6.32. The van der Waals surface area contributed by atoms with Gasteiger partial charge in [-0.2, -0.15) is 0 Å². The Morgan fingerprint density at radius 3 is 2.30 bits per heavy atom. The van der Waals surface area contributed by atoms with Crippen molar-refractivity contribution < 1.29 is 9.50 Å². The third-order valence-electron chi connectivity index (χ3n) is 3.17. The van der Waals surface area contributed by atoms with Gasteiger partial charge in [-0.3, -0.25) is 0 Å². The van der Waals surface area contributed by atoms with Crippen molar-refractivity contribution in [2.45, 2.75) is 10.6 Å². The monoisotopic (exact) mass is 284 g/mol. The molecule has 0 unspecified atom stereocenters. The van der Waals surface area contributed by atoms with Gasteiger partial charge < -0.3 is 5.11 Å². The third kappa shape index (κ3) is 2.63. The van der Waals surface area contributed by atoms with Gasteiger partial charge >= 0.3 is 0 Å². The van der Waals surface area contributed by atoms with Gasteiger partial charge in [-0.1, -0.05) is 36.4 Å². The highest BCUT2D eigenvalue weighted by atomic mass is 32.2. The minimum absolute atomic E-state index is 0.214. The molecule has 0 radical (unpaired) electrons. The Morgan fingerprint density at radius 1 is 0.850 bits per heavy atom. The average molecular weight is 284 g/mol. The molecule has 0 amide bonds. The summed E-state index contributed by atoms with van der Waals surface area (Å²) in [6, 6.07) is 18.0. The second-order valence-electron chi connectivity index (χ2n) is 4.54. The molecule has 0 atom stereocenters. The maximum absolute atomic E-state index is 12.9. The zero-order valence-corrected chi connectivity index (χ0v) is 11.5. The number of halogens is 1. The van der Waals surface area contributed by atoms with Gasteiger partial charge in [0, 0.05) is 16.0 Å². The SMILES string of the molecule is Oc1ccc(SCc2ccc(F)cc2)c2ccccc12. The molecule has 0 aliphatic heterocycles. The number of thioether (sulfide) groups is 1. The minimum atomic E-state index is -0.214. The van der Waals surface area contributed by atoms with Gasteiger partial charge in [0.25, 0.3) is 0 Å². The van der Waals surface area contributed by atoms with E-state index >= 15 is 0 Å². The van der Waals surface area contributed by atoms with Crippen molar-refractivity contribution in [2.24, 2.45) is 0 Å². The Morgan fingerprint density at radius 2 is 1.55 bits per heavy atom. The molecule has 3 heteroatoms. The lowest BCUT2D eigenvalue weighted by Crippen LogP contribution is -1.83. The zero-order valence-electron chi connectivity index (χ0n) is 10.7. The Balaban J connectivity index is 1.88. The van der Waals surface area contributed by atoms with Crippen LogP contribution in [-0.4, -0.2) is 5.11 Å². The second-order valence-corrected chi connectivity index (χ2v) is 5.56. The lowest BCUT2D eigenvalue weighted by Gasteiger charge is -2.08. The van der Waals surface area contributed by atoms with E-state index in [0.29, 0.717) is 5.75 Å². The van der Waals surface area contributed by atoms with Crippen molar-refractivity contribution in [3.05, 3.63) is 72.0 Å². The second kappa shape index (κ2) is 5.55. The summed E-state index contributed by atoms with van der Waals surface area (Å²) in [5.74, 6) is 0.857. The van der Waals surface area contributed by atoms with Crippen molar-refractivity contribution in [1.82, 2.24) is 0 Å². The fourth-order valence-electron chi connectivity index (χ4n) is 2.12. The minimum Gasteiger partial charge on any atom is -0.507 e. The number of rotatable bonds is 3. The summed E-state index contributed by atoms with van der Waals surface area (Å²) >= 11 is 1.68. The molecule has 3 aromatic rings. The van der Waals surface area contributed by atoms with Crippen LogP contribution in [0.25, 0.3) is 10.8 Å². The number of benzene rings is 3. The van der Waals surface area contributed by atoms with Crippen molar-refractivity contribution in [2.75, 3.05) is 0 Å². The molecule has 100 valence electrons. The highest BCUT2D eigenvalue weighted by molar-refractivity contribution is 7.98. The fraction of sp³-hybridized carbons (Fsp3) is 0.0588. The van der Waals surface area contributed by atoms with Gasteiger partial charge in [0.1, 0.15) is 11.6 Å². The summed E-state index contributed by atoms with van der Waals surface area (Å²) in [5.41, 5.74) is 1.08. The Bertz CT molecular complexity index is 738. The van der Waals surface area contributed by atoms with Gasteiger partial charge in [-0.05, 0) is 35.2 Å². The van der Waals surface area contributed by atoms with E-state index in [1.165, 1.54) is 12.1 Å². The van der Waals surface area contributed by atoms with E-state index in [-0.39, 0.29) is 5.82 Å². The molecule has 20 heavy (non-hydrogen) atoms. The van der Waals surface area contributed by atoms with Crippen LogP contribution < -0.4 is 0 Å². The Hall–Kier alpha value is -2.00. The molecule has 0 bridgehead atoms. The summed E-state index contributed by atoms with van der Waals surface area (Å²) < 4.78 is 12.9. The van der Waals surface area contributed by atoms with Crippen molar-refractivity contribution in [3.63, 3.8) is 0 Å². The Kier molecular flexibility index (Phi) is 3.61. The van der Waals surface area contributed by atoms with E-state index < -0.39 is 0 Å². The maximum Gasteiger partial charge on any atom is 0.123 e. The van der Waals surface area contributed by atoms with Crippen molar-refractivity contribution in [3.8, 4) is 5.75 Å². The molecule has 3 aromatic carbocycles. The summed E-state index contributed by atoms with van der Waals surface area (Å²) in [6.07, 6.45) is 0. The number of aromatic hydroxyl groups is 1. The van der Waals surface area contributed by atoms with Gasteiger partial charge in [0.15, 0.2) is 0 Å². The van der Waals surface area contributed by atoms with Gasteiger partial charge in [-0.15, -0.1) is 11.8 Å². The van der Waals surface area contributed by atoms with Crippen molar-refractivity contribution >= 4 is 22.5 Å². The summed E-state index contributed by atoms with van der Waals surface area (Å²) in [7, 11) is 0. The lowest BCUT2D eigenvalue weighted by molar-refractivity contribution is 0.481. The topological polar surface area (TPSA) is 20.2 Å². The molecule has 1 N–H and O–H groups in total. The first kappa shape index (κ1) is 13.0. The first-order chi connectivity index (χ1) is 9.74. The molecular weight excluding hydrogens is 271 g/mol. The number of phenols is 1. The molecule has 3 rings (SSSR count). The summed E-state index contributed by atoms with van der Waals surface area (Å²) in [5, 5.41) is 11.8. The van der Waals surface area contributed by atoms with Gasteiger partial charge in [-0.25, -0.2) is 4.39 Å². The number of hydrogen-bond acceptors (Lipinski definition) is 2. The van der Waals surface area contributed by atoms with E-state index in [4.69, 9.17) is 0 Å². The largest absolute Gasteiger partial charge is 0.507 e. The van der Waals surface area contributed by atoms with E-state index in [1.807, 2.05) is 30.3 Å². The molecule has 0 saturated carbocycles. The van der Waals surface area contributed by atoms with Crippen LogP contribution in [0.5, 0.6) is 5.75 Å². The standard InChI is InChI=1S/C17H13FOS/c18-13-7-5-12(6-8-13)11-20-17-10-9-16(19)14-3-1-2-4-15(14)17/h1-10,19H,11H2. The predicted molar refractivity (Wildman–Crippen MR) is 81.6 cm³/mol. The molecule has 0 fully saturated rings. The highest BCUT2D eigenvalue weighted by Gasteiger charge is 2.05. The molecule has 0 heterocycles. The molecule has 0 spiro atoms. The average Bonchev–Trinajstić information content (AvgIpc) is 2.49. The Labute approximate surface area is 121 Å².